The average Bonchev–Trinajstić information content (AvgIpc) is 2.92. The van der Waals surface area contributed by atoms with E-state index in [0.29, 0.717) is 0 Å². The van der Waals surface area contributed by atoms with Gasteiger partial charge in [0.25, 0.3) is 0 Å². The van der Waals surface area contributed by atoms with E-state index in [4.69, 9.17) is 5.73 Å². The molecule has 0 unspecified atom stereocenters. The lowest BCUT2D eigenvalue weighted by Crippen LogP contribution is -2.08. The van der Waals surface area contributed by atoms with Crippen molar-refractivity contribution in [3.8, 4) is 0 Å². The van der Waals surface area contributed by atoms with Crippen LogP contribution in [0.15, 0.2) is 17.5 Å². The molecule has 0 spiro atoms. The summed E-state index contributed by atoms with van der Waals surface area (Å²) < 4.78 is 1.87. The van der Waals surface area contributed by atoms with Crippen LogP contribution in [-0.4, -0.2) is 26.8 Å². The second-order valence-corrected chi connectivity index (χ2v) is 4.60. The summed E-state index contributed by atoms with van der Waals surface area (Å²) in [6.45, 7) is 1.58. The van der Waals surface area contributed by atoms with Gasteiger partial charge in [0.1, 0.15) is 0 Å². The van der Waals surface area contributed by atoms with Crippen LogP contribution in [-0.2, 0) is 13.0 Å². The number of tetrazole rings is 1. The number of thiophene rings is 1. The molecule has 0 amide bonds. The predicted molar refractivity (Wildman–Crippen MR) is 63.2 cm³/mol. The second kappa shape index (κ2) is 5.72. The van der Waals surface area contributed by atoms with Crippen molar-refractivity contribution in [3.63, 3.8) is 0 Å². The van der Waals surface area contributed by atoms with Gasteiger partial charge in [0, 0.05) is 17.8 Å². The maximum absolute atomic E-state index is 5.46. The second-order valence-electron chi connectivity index (χ2n) is 3.57. The van der Waals surface area contributed by atoms with Gasteiger partial charge >= 0.3 is 0 Å². The Balaban J connectivity index is 1.96. The molecule has 6 heteroatoms. The molecule has 0 bridgehead atoms. The van der Waals surface area contributed by atoms with Crippen molar-refractivity contribution in [1.29, 1.82) is 0 Å². The molecular formula is C10H15N5S. The number of hydrogen-bond donors (Lipinski definition) is 1. The van der Waals surface area contributed by atoms with Crippen LogP contribution in [0.4, 0.5) is 0 Å². The van der Waals surface area contributed by atoms with Gasteiger partial charge in [-0.15, -0.1) is 16.4 Å². The lowest BCUT2D eigenvalue weighted by atomic mass is 10.3. The van der Waals surface area contributed by atoms with Crippen LogP contribution in [0.5, 0.6) is 0 Å². The van der Waals surface area contributed by atoms with Crippen LogP contribution in [0.1, 0.15) is 23.5 Å². The highest BCUT2D eigenvalue weighted by Gasteiger charge is 2.06. The van der Waals surface area contributed by atoms with Crippen molar-refractivity contribution >= 4 is 11.3 Å². The third kappa shape index (κ3) is 2.86. The van der Waals surface area contributed by atoms with Crippen molar-refractivity contribution in [3.05, 3.63) is 28.2 Å². The van der Waals surface area contributed by atoms with Gasteiger partial charge in [-0.1, -0.05) is 6.07 Å². The first kappa shape index (κ1) is 11.2. The zero-order valence-corrected chi connectivity index (χ0v) is 9.86. The van der Waals surface area contributed by atoms with E-state index in [-0.39, 0.29) is 0 Å². The largest absolute Gasteiger partial charge is 0.330 e. The number of rotatable bonds is 6. The maximum atomic E-state index is 5.46. The van der Waals surface area contributed by atoms with Crippen LogP contribution in [0.3, 0.4) is 0 Å². The smallest absolute Gasteiger partial charge is 0.156 e. The van der Waals surface area contributed by atoms with Crippen molar-refractivity contribution in [2.75, 3.05) is 6.54 Å². The zero-order chi connectivity index (χ0) is 11.2. The predicted octanol–water partition coefficient (Wildman–Crippen LogP) is 1.06. The summed E-state index contributed by atoms with van der Waals surface area (Å²) in [5.74, 6) is 0.930. The van der Waals surface area contributed by atoms with Gasteiger partial charge in [0.2, 0.25) is 0 Å². The molecule has 5 nitrogen and oxygen atoms in total. The SMILES string of the molecule is NCCCCn1nnnc1Cc1cccs1. The van der Waals surface area contributed by atoms with E-state index < -0.39 is 0 Å². The molecule has 0 atom stereocenters. The number of unbranched alkanes of at least 4 members (excludes halogenated alkanes) is 1. The Kier molecular flexibility index (Phi) is 4.01. The summed E-state index contributed by atoms with van der Waals surface area (Å²) in [7, 11) is 0. The highest BCUT2D eigenvalue weighted by Crippen LogP contribution is 2.12. The fourth-order valence-electron chi connectivity index (χ4n) is 1.50. The molecule has 2 heterocycles. The van der Waals surface area contributed by atoms with Crippen molar-refractivity contribution in [2.45, 2.75) is 25.8 Å². The van der Waals surface area contributed by atoms with Gasteiger partial charge in [-0.05, 0) is 41.3 Å². The Morgan fingerprint density at radius 2 is 2.31 bits per heavy atom. The molecule has 0 fully saturated rings. The first-order chi connectivity index (χ1) is 7.90. The minimum Gasteiger partial charge on any atom is -0.330 e. The quantitative estimate of drug-likeness (QED) is 0.763. The molecule has 16 heavy (non-hydrogen) atoms. The van der Waals surface area contributed by atoms with Crippen molar-refractivity contribution in [2.24, 2.45) is 5.73 Å². The van der Waals surface area contributed by atoms with Crippen molar-refractivity contribution in [1.82, 2.24) is 20.2 Å². The Morgan fingerprint density at radius 1 is 1.38 bits per heavy atom. The highest BCUT2D eigenvalue weighted by molar-refractivity contribution is 7.09. The third-order valence-corrected chi connectivity index (χ3v) is 3.22. The lowest BCUT2D eigenvalue weighted by molar-refractivity contribution is 0.529. The van der Waals surface area contributed by atoms with E-state index in [1.54, 1.807) is 11.3 Å². The molecule has 2 aromatic heterocycles. The molecule has 0 aliphatic carbocycles. The number of aromatic nitrogens is 4. The van der Waals surface area contributed by atoms with Crippen LogP contribution < -0.4 is 5.73 Å². The Hall–Kier alpha value is -1.27. The Bertz CT molecular complexity index is 409. The summed E-state index contributed by atoms with van der Waals surface area (Å²) in [6.07, 6.45) is 2.85. The molecular weight excluding hydrogens is 222 g/mol. The van der Waals surface area contributed by atoms with Crippen LogP contribution >= 0.6 is 11.3 Å². The molecule has 0 aliphatic rings. The van der Waals surface area contributed by atoms with Crippen LogP contribution in [0, 0.1) is 0 Å². The number of nitrogens with two attached hydrogens (primary N) is 1. The lowest BCUT2D eigenvalue weighted by Gasteiger charge is -2.02. The van der Waals surface area contributed by atoms with E-state index >= 15 is 0 Å². The molecule has 86 valence electrons. The first-order valence-corrected chi connectivity index (χ1v) is 6.25. The minimum absolute atomic E-state index is 0.725. The van der Waals surface area contributed by atoms with Gasteiger partial charge in [-0.3, -0.25) is 0 Å². The topological polar surface area (TPSA) is 69.6 Å². The van der Waals surface area contributed by atoms with E-state index in [1.165, 1.54) is 4.88 Å². The molecule has 0 aliphatic heterocycles. The minimum atomic E-state index is 0.725. The van der Waals surface area contributed by atoms with E-state index in [1.807, 2.05) is 10.7 Å². The van der Waals surface area contributed by atoms with E-state index in [0.717, 1.165) is 38.2 Å². The summed E-state index contributed by atoms with van der Waals surface area (Å²) in [4.78, 5) is 1.29. The molecule has 2 N–H and O–H groups in total. The fourth-order valence-corrected chi connectivity index (χ4v) is 2.20. The standard InChI is InChI=1S/C10H15N5S/c11-5-1-2-6-15-10(12-13-14-15)8-9-4-3-7-16-9/h3-4,7H,1-2,5-6,8,11H2. The molecule has 2 rings (SSSR count). The van der Waals surface area contributed by atoms with E-state index in [9.17, 15) is 0 Å². The normalized spacial score (nSPS) is 10.8. The number of nitrogens with zero attached hydrogens (tertiary/aromatic N) is 4. The Morgan fingerprint density at radius 3 is 3.06 bits per heavy atom. The fraction of sp³-hybridized carbons (Fsp3) is 0.500. The summed E-state index contributed by atoms with van der Waals surface area (Å²) in [5, 5.41) is 13.8. The molecule has 0 saturated heterocycles. The molecule has 0 radical (unpaired) electrons. The van der Waals surface area contributed by atoms with Gasteiger partial charge in [-0.25, -0.2) is 4.68 Å². The van der Waals surface area contributed by atoms with Gasteiger partial charge in [0.15, 0.2) is 5.82 Å². The zero-order valence-electron chi connectivity index (χ0n) is 9.04. The number of aryl methyl sites for hydroxylation is 1. The van der Waals surface area contributed by atoms with Gasteiger partial charge in [-0.2, -0.15) is 0 Å². The third-order valence-electron chi connectivity index (χ3n) is 2.34. The molecule has 0 aromatic carbocycles. The van der Waals surface area contributed by atoms with Crippen LogP contribution in [0.25, 0.3) is 0 Å². The van der Waals surface area contributed by atoms with Crippen LogP contribution in [0.2, 0.25) is 0 Å². The first-order valence-electron chi connectivity index (χ1n) is 5.37. The Labute approximate surface area is 98.3 Å². The average molecular weight is 237 g/mol. The number of hydrogen-bond acceptors (Lipinski definition) is 5. The maximum Gasteiger partial charge on any atom is 0.156 e. The van der Waals surface area contributed by atoms with E-state index in [2.05, 4.69) is 27.0 Å². The summed E-state index contributed by atoms with van der Waals surface area (Å²) in [6, 6.07) is 4.14. The monoisotopic (exact) mass is 237 g/mol. The molecule has 0 saturated carbocycles. The highest BCUT2D eigenvalue weighted by atomic mass is 32.1. The van der Waals surface area contributed by atoms with Gasteiger partial charge in [0.05, 0.1) is 0 Å². The van der Waals surface area contributed by atoms with Gasteiger partial charge < -0.3 is 5.73 Å². The summed E-state index contributed by atoms with van der Waals surface area (Å²) >= 11 is 1.73. The summed E-state index contributed by atoms with van der Waals surface area (Å²) in [5.41, 5.74) is 5.46. The molecule has 2 aromatic rings. The van der Waals surface area contributed by atoms with Crippen molar-refractivity contribution < 1.29 is 0 Å².